The van der Waals surface area contributed by atoms with Crippen LogP contribution in [0.1, 0.15) is 41.6 Å². The summed E-state index contributed by atoms with van der Waals surface area (Å²) in [4.78, 5) is 19.3. The monoisotopic (exact) mass is 352 g/mol. The average molecular weight is 352 g/mol. The average Bonchev–Trinajstić information content (AvgIpc) is 2.92. The molecule has 0 saturated carbocycles. The van der Waals surface area contributed by atoms with Gasteiger partial charge >= 0.3 is 0 Å². The SMILES string of the molecule is COc1ccc(C(=O)N2C3CCC2CC(Oc2cccnc2)C3)cc1C. The van der Waals surface area contributed by atoms with Crippen LogP contribution in [0, 0.1) is 6.92 Å². The molecule has 2 aliphatic heterocycles. The van der Waals surface area contributed by atoms with Crippen molar-refractivity contribution in [1.82, 2.24) is 9.88 Å². The summed E-state index contributed by atoms with van der Waals surface area (Å²) in [5.74, 6) is 1.75. The Bertz CT molecular complexity index is 779. The maximum absolute atomic E-state index is 13.1. The number of rotatable bonds is 4. The number of piperidine rings is 1. The van der Waals surface area contributed by atoms with Crippen molar-refractivity contribution >= 4 is 5.91 Å². The molecular formula is C21H24N2O3. The van der Waals surface area contributed by atoms with Gasteiger partial charge in [0.2, 0.25) is 0 Å². The molecule has 3 heterocycles. The second kappa shape index (κ2) is 6.98. The molecule has 2 bridgehead atoms. The first-order chi connectivity index (χ1) is 12.7. The van der Waals surface area contributed by atoms with Gasteiger partial charge in [-0.3, -0.25) is 9.78 Å². The van der Waals surface area contributed by atoms with Crippen molar-refractivity contribution in [2.24, 2.45) is 0 Å². The van der Waals surface area contributed by atoms with Crippen LogP contribution in [-0.2, 0) is 0 Å². The number of pyridine rings is 1. The summed E-state index contributed by atoms with van der Waals surface area (Å²) in [6, 6.07) is 10.0. The summed E-state index contributed by atoms with van der Waals surface area (Å²) in [6.07, 6.45) is 7.52. The number of hydrogen-bond donors (Lipinski definition) is 0. The van der Waals surface area contributed by atoms with Crippen molar-refractivity contribution in [1.29, 1.82) is 0 Å². The zero-order valence-electron chi connectivity index (χ0n) is 15.2. The highest BCUT2D eigenvalue weighted by Gasteiger charge is 2.44. The zero-order valence-corrected chi connectivity index (χ0v) is 15.2. The number of carbonyl (C=O) groups excluding carboxylic acids is 1. The minimum absolute atomic E-state index is 0.128. The number of ether oxygens (including phenoxy) is 2. The first kappa shape index (κ1) is 16.9. The van der Waals surface area contributed by atoms with Gasteiger partial charge in [0.05, 0.1) is 13.3 Å². The van der Waals surface area contributed by atoms with Gasteiger partial charge in [-0.05, 0) is 55.7 Å². The lowest BCUT2D eigenvalue weighted by molar-refractivity contribution is 0.0358. The second-order valence-electron chi connectivity index (χ2n) is 7.18. The van der Waals surface area contributed by atoms with E-state index in [1.54, 1.807) is 19.5 Å². The number of aryl methyl sites for hydroxylation is 1. The van der Waals surface area contributed by atoms with Crippen LogP contribution in [0.2, 0.25) is 0 Å². The number of methoxy groups -OCH3 is 1. The Morgan fingerprint density at radius 1 is 1.19 bits per heavy atom. The number of fused-ring (bicyclic) bond motifs is 2. The van der Waals surface area contributed by atoms with E-state index >= 15 is 0 Å². The number of carbonyl (C=O) groups is 1. The Kier molecular flexibility index (Phi) is 4.53. The van der Waals surface area contributed by atoms with E-state index in [-0.39, 0.29) is 24.1 Å². The molecule has 0 N–H and O–H groups in total. The van der Waals surface area contributed by atoms with Gasteiger partial charge < -0.3 is 14.4 Å². The van der Waals surface area contributed by atoms with Gasteiger partial charge in [-0.15, -0.1) is 0 Å². The van der Waals surface area contributed by atoms with E-state index in [0.29, 0.717) is 0 Å². The first-order valence-corrected chi connectivity index (χ1v) is 9.19. The number of amides is 1. The number of aromatic nitrogens is 1. The van der Waals surface area contributed by atoms with E-state index in [2.05, 4.69) is 9.88 Å². The molecule has 2 aromatic rings. The first-order valence-electron chi connectivity index (χ1n) is 9.19. The van der Waals surface area contributed by atoms with Gasteiger partial charge in [0.1, 0.15) is 17.6 Å². The summed E-state index contributed by atoms with van der Waals surface area (Å²) in [7, 11) is 1.65. The quantitative estimate of drug-likeness (QED) is 0.843. The van der Waals surface area contributed by atoms with Crippen molar-refractivity contribution in [3.63, 3.8) is 0 Å². The van der Waals surface area contributed by atoms with Crippen LogP contribution in [0.5, 0.6) is 11.5 Å². The lowest BCUT2D eigenvalue weighted by Gasteiger charge is -2.39. The highest BCUT2D eigenvalue weighted by Crippen LogP contribution is 2.38. The third-order valence-electron chi connectivity index (χ3n) is 5.50. The summed E-state index contributed by atoms with van der Waals surface area (Å²) in [5.41, 5.74) is 1.73. The molecule has 5 nitrogen and oxygen atoms in total. The molecule has 1 amide bonds. The fourth-order valence-corrected chi connectivity index (χ4v) is 4.32. The number of benzene rings is 1. The minimum Gasteiger partial charge on any atom is -0.496 e. The zero-order chi connectivity index (χ0) is 18.1. The highest BCUT2D eigenvalue weighted by molar-refractivity contribution is 5.95. The maximum Gasteiger partial charge on any atom is 0.254 e. The standard InChI is InChI=1S/C21H24N2O3/c1-14-10-15(5-8-20(14)25-2)21(24)23-16-6-7-17(23)12-19(11-16)26-18-4-3-9-22-13-18/h3-5,8-10,13,16-17,19H,6-7,11-12H2,1-2H3. The lowest BCUT2D eigenvalue weighted by atomic mass is 9.98. The van der Waals surface area contributed by atoms with E-state index in [1.807, 2.05) is 37.3 Å². The van der Waals surface area contributed by atoms with Crippen LogP contribution in [0.3, 0.4) is 0 Å². The van der Waals surface area contributed by atoms with Crippen molar-refractivity contribution < 1.29 is 14.3 Å². The molecule has 2 aliphatic rings. The summed E-state index contributed by atoms with van der Waals surface area (Å²) in [6.45, 7) is 1.97. The highest BCUT2D eigenvalue weighted by atomic mass is 16.5. The molecule has 2 atom stereocenters. The summed E-state index contributed by atoms with van der Waals surface area (Å²) >= 11 is 0. The van der Waals surface area contributed by atoms with Crippen molar-refractivity contribution in [2.45, 2.75) is 50.8 Å². The predicted molar refractivity (Wildman–Crippen MR) is 98.6 cm³/mol. The van der Waals surface area contributed by atoms with Crippen LogP contribution in [-0.4, -0.2) is 41.1 Å². The molecule has 1 aromatic heterocycles. The van der Waals surface area contributed by atoms with E-state index in [0.717, 1.165) is 48.3 Å². The van der Waals surface area contributed by atoms with Gasteiger partial charge in [0, 0.05) is 36.7 Å². The van der Waals surface area contributed by atoms with Crippen molar-refractivity contribution in [3.05, 3.63) is 53.9 Å². The third kappa shape index (κ3) is 3.14. The molecule has 2 unspecified atom stereocenters. The van der Waals surface area contributed by atoms with Gasteiger partial charge in [-0.1, -0.05) is 0 Å². The summed E-state index contributed by atoms with van der Waals surface area (Å²) in [5, 5.41) is 0. The lowest BCUT2D eigenvalue weighted by Crippen LogP contribution is -2.49. The number of hydrogen-bond acceptors (Lipinski definition) is 4. The fourth-order valence-electron chi connectivity index (χ4n) is 4.32. The Morgan fingerprint density at radius 3 is 2.58 bits per heavy atom. The van der Waals surface area contributed by atoms with E-state index < -0.39 is 0 Å². The normalized spacial score (nSPS) is 24.4. The summed E-state index contributed by atoms with van der Waals surface area (Å²) < 4.78 is 11.4. The van der Waals surface area contributed by atoms with Crippen LogP contribution in [0.15, 0.2) is 42.7 Å². The van der Waals surface area contributed by atoms with Crippen LogP contribution < -0.4 is 9.47 Å². The Hall–Kier alpha value is -2.56. The molecule has 2 saturated heterocycles. The Labute approximate surface area is 153 Å². The smallest absolute Gasteiger partial charge is 0.254 e. The van der Waals surface area contributed by atoms with Gasteiger partial charge in [0.15, 0.2) is 0 Å². The van der Waals surface area contributed by atoms with Gasteiger partial charge in [0.25, 0.3) is 5.91 Å². The van der Waals surface area contributed by atoms with Gasteiger partial charge in [-0.25, -0.2) is 0 Å². The number of nitrogens with zero attached hydrogens (tertiary/aromatic N) is 2. The molecule has 0 aliphatic carbocycles. The van der Waals surface area contributed by atoms with E-state index in [4.69, 9.17) is 9.47 Å². The van der Waals surface area contributed by atoms with Crippen LogP contribution in [0.4, 0.5) is 0 Å². The fraction of sp³-hybridized carbons (Fsp3) is 0.429. The second-order valence-corrected chi connectivity index (χ2v) is 7.18. The largest absolute Gasteiger partial charge is 0.496 e. The van der Waals surface area contributed by atoms with Crippen LogP contribution >= 0.6 is 0 Å². The molecule has 5 heteroatoms. The van der Waals surface area contributed by atoms with Crippen molar-refractivity contribution in [3.8, 4) is 11.5 Å². The third-order valence-corrected chi connectivity index (χ3v) is 5.50. The molecule has 2 fully saturated rings. The van der Waals surface area contributed by atoms with E-state index in [1.165, 1.54) is 0 Å². The molecule has 0 spiro atoms. The minimum atomic E-state index is 0.128. The molecule has 26 heavy (non-hydrogen) atoms. The molecule has 0 radical (unpaired) electrons. The topological polar surface area (TPSA) is 51.7 Å². The van der Waals surface area contributed by atoms with Gasteiger partial charge in [-0.2, -0.15) is 0 Å². The molecule has 136 valence electrons. The van der Waals surface area contributed by atoms with Crippen LogP contribution in [0.25, 0.3) is 0 Å². The van der Waals surface area contributed by atoms with E-state index in [9.17, 15) is 4.79 Å². The maximum atomic E-state index is 13.1. The van der Waals surface area contributed by atoms with Crippen molar-refractivity contribution in [2.75, 3.05) is 7.11 Å². The Morgan fingerprint density at radius 2 is 1.96 bits per heavy atom. The Balaban J connectivity index is 1.48. The predicted octanol–water partition coefficient (Wildman–Crippen LogP) is 3.61. The molecule has 1 aromatic carbocycles. The molecular weight excluding hydrogens is 328 g/mol. The molecule has 4 rings (SSSR count).